The van der Waals surface area contributed by atoms with Crippen LogP contribution < -0.4 is 4.90 Å². The molecule has 3 nitrogen and oxygen atoms in total. The molecule has 1 aromatic rings. The van der Waals surface area contributed by atoms with E-state index in [-0.39, 0.29) is 41.2 Å². The van der Waals surface area contributed by atoms with Crippen LogP contribution in [0.15, 0.2) is 36.4 Å². The maximum absolute atomic E-state index is 13.9. The van der Waals surface area contributed by atoms with E-state index in [4.69, 9.17) is 0 Å². The van der Waals surface area contributed by atoms with Crippen LogP contribution in [-0.4, -0.2) is 11.8 Å². The van der Waals surface area contributed by atoms with Crippen molar-refractivity contribution in [1.29, 1.82) is 0 Å². The van der Waals surface area contributed by atoms with E-state index >= 15 is 0 Å². The van der Waals surface area contributed by atoms with E-state index in [0.717, 1.165) is 17.7 Å². The lowest BCUT2D eigenvalue weighted by Gasteiger charge is -2.38. The Morgan fingerprint density at radius 3 is 2.00 bits per heavy atom. The Bertz CT molecular complexity index is 607. The number of hydrogen-bond acceptors (Lipinski definition) is 2. The van der Waals surface area contributed by atoms with Crippen LogP contribution in [0.3, 0.4) is 0 Å². The fourth-order valence-corrected chi connectivity index (χ4v) is 3.94. The molecule has 4 aliphatic rings. The molecule has 2 bridgehead atoms. The molecule has 5 rings (SSSR count). The highest BCUT2D eigenvalue weighted by molar-refractivity contribution is 6.22. The minimum Gasteiger partial charge on any atom is -0.274 e. The molecule has 4 atom stereocenters. The van der Waals surface area contributed by atoms with Gasteiger partial charge >= 0.3 is 0 Å². The molecule has 1 saturated carbocycles. The topological polar surface area (TPSA) is 37.4 Å². The third-order valence-electron chi connectivity index (χ3n) is 4.85. The second-order valence-electron chi connectivity index (χ2n) is 5.80. The van der Waals surface area contributed by atoms with Crippen LogP contribution in [0.2, 0.25) is 0 Å². The highest BCUT2D eigenvalue weighted by atomic mass is 19.1. The summed E-state index contributed by atoms with van der Waals surface area (Å²) in [6.07, 6.45) is 6.02. The maximum Gasteiger partial charge on any atom is 0.238 e. The van der Waals surface area contributed by atoms with Crippen molar-refractivity contribution in [2.45, 2.75) is 12.8 Å². The van der Waals surface area contributed by atoms with E-state index in [1.807, 2.05) is 0 Å². The maximum atomic E-state index is 13.9. The van der Waals surface area contributed by atoms with Crippen LogP contribution in [0.25, 0.3) is 0 Å². The highest BCUT2D eigenvalue weighted by Crippen LogP contribution is 2.50. The summed E-state index contributed by atoms with van der Waals surface area (Å²) in [4.78, 5) is 26.3. The van der Waals surface area contributed by atoms with Crippen molar-refractivity contribution in [3.05, 3.63) is 42.2 Å². The first-order valence-electron chi connectivity index (χ1n) is 6.99. The van der Waals surface area contributed by atoms with Gasteiger partial charge in [0.2, 0.25) is 11.8 Å². The second-order valence-corrected chi connectivity index (χ2v) is 5.80. The summed E-state index contributed by atoms with van der Waals surface area (Å²) < 4.78 is 13.9. The lowest BCUT2D eigenvalue weighted by molar-refractivity contribution is -0.124. The van der Waals surface area contributed by atoms with Crippen LogP contribution in [0.4, 0.5) is 10.1 Å². The predicted octanol–water partition coefficient (Wildman–Crippen LogP) is 2.53. The van der Waals surface area contributed by atoms with E-state index in [1.165, 1.54) is 12.1 Å². The van der Waals surface area contributed by atoms with Gasteiger partial charge in [0.15, 0.2) is 0 Å². The zero-order valence-electron chi connectivity index (χ0n) is 10.8. The number of amides is 2. The number of halogens is 1. The Hall–Kier alpha value is -1.97. The number of carbonyl (C=O) groups is 2. The normalized spacial score (nSPS) is 34.8. The van der Waals surface area contributed by atoms with E-state index in [2.05, 4.69) is 12.2 Å². The van der Waals surface area contributed by atoms with Gasteiger partial charge in [-0.2, -0.15) is 0 Å². The summed E-state index contributed by atoms with van der Waals surface area (Å²) in [7, 11) is 0. The molecule has 0 radical (unpaired) electrons. The summed E-state index contributed by atoms with van der Waals surface area (Å²) in [6, 6.07) is 5.98. The third kappa shape index (κ3) is 1.39. The third-order valence-corrected chi connectivity index (χ3v) is 4.85. The van der Waals surface area contributed by atoms with Crippen molar-refractivity contribution in [2.75, 3.05) is 4.90 Å². The molecule has 0 aromatic heterocycles. The van der Waals surface area contributed by atoms with E-state index in [9.17, 15) is 14.0 Å². The van der Waals surface area contributed by atoms with Crippen molar-refractivity contribution < 1.29 is 14.0 Å². The monoisotopic (exact) mass is 271 g/mol. The summed E-state index contributed by atoms with van der Waals surface area (Å²) in [6.45, 7) is 0. The Morgan fingerprint density at radius 2 is 1.50 bits per heavy atom. The van der Waals surface area contributed by atoms with Gasteiger partial charge in [-0.05, 0) is 36.8 Å². The summed E-state index contributed by atoms with van der Waals surface area (Å²) >= 11 is 0. The van der Waals surface area contributed by atoms with Gasteiger partial charge in [0.1, 0.15) is 5.82 Å². The van der Waals surface area contributed by atoms with Crippen LogP contribution in [0.5, 0.6) is 0 Å². The summed E-state index contributed by atoms with van der Waals surface area (Å²) in [5.74, 6) is -1.28. The van der Waals surface area contributed by atoms with Crippen molar-refractivity contribution in [3.63, 3.8) is 0 Å². The number of hydrogen-bond donors (Lipinski definition) is 0. The summed E-state index contributed by atoms with van der Waals surface area (Å²) in [5.41, 5.74) is 0.0938. The van der Waals surface area contributed by atoms with Crippen LogP contribution in [0.1, 0.15) is 12.8 Å². The van der Waals surface area contributed by atoms with Gasteiger partial charge in [0.05, 0.1) is 17.5 Å². The zero-order chi connectivity index (χ0) is 13.9. The fourth-order valence-electron chi connectivity index (χ4n) is 3.94. The number of para-hydroxylation sites is 1. The number of imide groups is 1. The molecular weight excluding hydrogens is 257 g/mol. The molecule has 1 aliphatic heterocycles. The molecule has 0 unspecified atom stereocenters. The van der Waals surface area contributed by atoms with Gasteiger partial charge in [0.25, 0.3) is 0 Å². The second kappa shape index (κ2) is 4.01. The average molecular weight is 271 g/mol. The van der Waals surface area contributed by atoms with E-state index < -0.39 is 5.82 Å². The molecule has 102 valence electrons. The number of nitrogens with zero attached hydrogens (tertiary/aromatic N) is 1. The van der Waals surface area contributed by atoms with Crippen LogP contribution >= 0.6 is 0 Å². The van der Waals surface area contributed by atoms with Crippen LogP contribution in [0, 0.1) is 29.5 Å². The van der Waals surface area contributed by atoms with Crippen LogP contribution in [-0.2, 0) is 9.59 Å². The molecule has 1 heterocycles. The molecule has 2 fully saturated rings. The minimum absolute atomic E-state index is 0.0938. The van der Waals surface area contributed by atoms with Crippen molar-refractivity contribution >= 4 is 17.5 Å². The Kier molecular flexibility index (Phi) is 2.37. The molecule has 1 aromatic carbocycles. The first kappa shape index (κ1) is 11.8. The Labute approximate surface area is 116 Å². The molecule has 0 N–H and O–H groups in total. The fraction of sp³-hybridized carbons (Fsp3) is 0.375. The number of anilines is 1. The lowest BCUT2D eigenvalue weighted by Crippen LogP contribution is -2.38. The largest absolute Gasteiger partial charge is 0.274 e. The van der Waals surface area contributed by atoms with E-state index in [1.54, 1.807) is 12.1 Å². The molecule has 20 heavy (non-hydrogen) atoms. The molecule has 3 aliphatic carbocycles. The molecular formula is C16H14FNO2. The first-order chi connectivity index (χ1) is 9.68. The van der Waals surface area contributed by atoms with Gasteiger partial charge in [-0.3, -0.25) is 9.59 Å². The summed E-state index contributed by atoms with van der Waals surface area (Å²) in [5, 5.41) is 0. The number of allylic oxidation sites excluding steroid dienone is 2. The lowest BCUT2D eigenvalue weighted by atomic mass is 9.63. The van der Waals surface area contributed by atoms with Gasteiger partial charge in [-0.1, -0.05) is 24.3 Å². The highest BCUT2D eigenvalue weighted by Gasteiger charge is 2.57. The van der Waals surface area contributed by atoms with Crippen molar-refractivity contribution in [1.82, 2.24) is 0 Å². The quantitative estimate of drug-likeness (QED) is 0.581. The predicted molar refractivity (Wildman–Crippen MR) is 71.2 cm³/mol. The van der Waals surface area contributed by atoms with Crippen molar-refractivity contribution in [3.8, 4) is 0 Å². The minimum atomic E-state index is -0.520. The standard InChI is InChI=1S/C16H14FNO2/c17-11-3-1-2-4-12(11)18-15(19)13-9-5-6-10(8-7-9)14(13)16(18)20/h1-6,9-10,13-14H,7-8H2/t9-,10-,13+,14+/m1/s1. The molecule has 4 heteroatoms. The average Bonchev–Trinajstić information content (AvgIpc) is 2.75. The Balaban J connectivity index is 1.80. The number of rotatable bonds is 1. The van der Waals surface area contributed by atoms with Gasteiger partial charge < -0.3 is 0 Å². The molecule has 2 amide bonds. The smallest absolute Gasteiger partial charge is 0.238 e. The SMILES string of the molecule is O=C1[C@@H]2[C@@H](C(=O)N1c1ccccc1F)[C@@H]1C=C[C@@H]2CC1. The van der Waals surface area contributed by atoms with Crippen molar-refractivity contribution in [2.24, 2.45) is 23.7 Å². The molecule has 0 spiro atoms. The van der Waals surface area contributed by atoms with Gasteiger partial charge in [-0.25, -0.2) is 9.29 Å². The Morgan fingerprint density at radius 1 is 0.950 bits per heavy atom. The number of carbonyl (C=O) groups excluding carboxylic acids is 2. The van der Waals surface area contributed by atoms with Gasteiger partial charge in [0, 0.05) is 0 Å². The zero-order valence-corrected chi connectivity index (χ0v) is 10.8. The number of fused-ring (bicyclic) bond motifs is 1. The van der Waals surface area contributed by atoms with Gasteiger partial charge in [-0.15, -0.1) is 0 Å². The molecule has 1 saturated heterocycles. The number of benzene rings is 1. The first-order valence-corrected chi connectivity index (χ1v) is 6.99. The van der Waals surface area contributed by atoms with E-state index in [0.29, 0.717) is 0 Å².